The highest BCUT2D eigenvalue weighted by Gasteiger charge is 2.18. The third-order valence-corrected chi connectivity index (χ3v) is 4.01. The van der Waals surface area contributed by atoms with Gasteiger partial charge in [0.05, 0.1) is 13.2 Å². The molecule has 2 rings (SSSR count). The number of benzene rings is 1. The van der Waals surface area contributed by atoms with Gasteiger partial charge in [0.25, 0.3) is 0 Å². The lowest BCUT2D eigenvalue weighted by Crippen LogP contribution is -2.12. The van der Waals surface area contributed by atoms with Crippen molar-refractivity contribution in [3.63, 3.8) is 0 Å². The van der Waals surface area contributed by atoms with Crippen LogP contribution in [0, 0.1) is 5.92 Å². The lowest BCUT2D eigenvalue weighted by Gasteiger charge is -2.15. The highest BCUT2D eigenvalue weighted by Crippen LogP contribution is 2.29. The van der Waals surface area contributed by atoms with E-state index < -0.39 is 0 Å². The zero-order valence-corrected chi connectivity index (χ0v) is 11.3. The number of ether oxygens (including phenoxy) is 1. The van der Waals surface area contributed by atoms with Crippen molar-refractivity contribution in [1.29, 1.82) is 0 Å². The lowest BCUT2D eigenvalue weighted by atomic mass is 9.96. The molecule has 0 heterocycles. The summed E-state index contributed by atoms with van der Waals surface area (Å²) in [5.41, 5.74) is 1.28. The van der Waals surface area contributed by atoms with Crippen LogP contribution in [0.15, 0.2) is 24.3 Å². The van der Waals surface area contributed by atoms with E-state index in [9.17, 15) is 5.11 Å². The van der Waals surface area contributed by atoms with Crippen molar-refractivity contribution in [3.8, 4) is 5.75 Å². The monoisotopic (exact) mass is 248 g/mol. The Balaban J connectivity index is 1.72. The molecule has 1 fully saturated rings. The smallest absolute Gasteiger partial charge is 0.118 e. The Morgan fingerprint density at radius 3 is 2.50 bits per heavy atom. The van der Waals surface area contributed by atoms with Crippen LogP contribution in [0.4, 0.5) is 0 Å². The summed E-state index contributed by atoms with van der Waals surface area (Å²) < 4.78 is 5.13. The van der Waals surface area contributed by atoms with Gasteiger partial charge in [-0.25, -0.2) is 0 Å². The molecule has 1 aromatic rings. The van der Waals surface area contributed by atoms with E-state index in [2.05, 4.69) is 12.1 Å². The van der Waals surface area contributed by atoms with Gasteiger partial charge in [-0.15, -0.1) is 0 Å². The van der Waals surface area contributed by atoms with Crippen molar-refractivity contribution in [2.45, 2.75) is 51.0 Å². The first-order valence-electron chi connectivity index (χ1n) is 7.09. The van der Waals surface area contributed by atoms with E-state index in [-0.39, 0.29) is 6.10 Å². The number of hydrogen-bond donors (Lipinski definition) is 1. The second-order valence-corrected chi connectivity index (χ2v) is 5.43. The quantitative estimate of drug-likeness (QED) is 0.834. The summed E-state index contributed by atoms with van der Waals surface area (Å²) >= 11 is 0. The van der Waals surface area contributed by atoms with Gasteiger partial charge in [0.1, 0.15) is 5.75 Å². The van der Waals surface area contributed by atoms with Crippen molar-refractivity contribution >= 4 is 0 Å². The summed E-state index contributed by atoms with van der Waals surface area (Å²) in [4.78, 5) is 0. The predicted octanol–water partition coefficient (Wildman–Crippen LogP) is 3.57. The number of aryl methyl sites for hydroxylation is 1. The van der Waals surface area contributed by atoms with E-state index in [1.54, 1.807) is 7.11 Å². The van der Waals surface area contributed by atoms with Crippen molar-refractivity contribution in [1.82, 2.24) is 0 Å². The van der Waals surface area contributed by atoms with Gasteiger partial charge in [0.2, 0.25) is 0 Å². The van der Waals surface area contributed by atoms with E-state index in [0.717, 1.165) is 30.9 Å². The Kier molecular flexibility index (Phi) is 5.06. The van der Waals surface area contributed by atoms with Crippen LogP contribution in [0.1, 0.15) is 44.1 Å². The summed E-state index contributed by atoms with van der Waals surface area (Å²) in [6, 6.07) is 8.14. The van der Waals surface area contributed by atoms with E-state index in [4.69, 9.17) is 4.74 Å². The molecule has 100 valence electrons. The van der Waals surface area contributed by atoms with Crippen molar-refractivity contribution < 1.29 is 9.84 Å². The standard InChI is InChI=1S/C16H24O2/c1-18-16-10-7-13(8-11-16)6-9-15(17)12-14-4-2-3-5-14/h7-8,10-11,14-15,17H,2-6,9,12H2,1H3. The van der Waals surface area contributed by atoms with Crippen LogP contribution >= 0.6 is 0 Å². The lowest BCUT2D eigenvalue weighted by molar-refractivity contribution is 0.134. The molecule has 0 bridgehead atoms. The topological polar surface area (TPSA) is 29.5 Å². The van der Waals surface area contributed by atoms with Gasteiger partial charge in [0.15, 0.2) is 0 Å². The molecule has 1 unspecified atom stereocenters. The highest BCUT2D eigenvalue weighted by atomic mass is 16.5. The Hall–Kier alpha value is -1.02. The molecule has 1 aliphatic rings. The molecule has 0 saturated heterocycles. The average molecular weight is 248 g/mol. The first-order valence-corrected chi connectivity index (χ1v) is 7.09. The maximum atomic E-state index is 10.0. The molecule has 1 aromatic carbocycles. The zero-order chi connectivity index (χ0) is 12.8. The molecule has 0 spiro atoms. The van der Waals surface area contributed by atoms with Crippen molar-refractivity contribution in [2.75, 3.05) is 7.11 Å². The molecule has 2 heteroatoms. The number of methoxy groups -OCH3 is 1. The van der Waals surface area contributed by atoms with Crippen LogP contribution < -0.4 is 4.74 Å². The van der Waals surface area contributed by atoms with Crippen molar-refractivity contribution in [2.24, 2.45) is 5.92 Å². The fraction of sp³-hybridized carbons (Fsp3) is 0.625. The molecule has 0 amide bonds. The van der Waals surface area contributed by atoms with E-state index in [1.807, 2.05) is 12.1 Å². The number of aliphatic hydroxyl groups excluding tert-OH is 1. The second kappa shape index (κ2) is 6.79. The third-order valence-electron chi connectivity index (χ3n) is 4.01. The predicted molar refractivity (Wildman–Crippen MR) is 73.9 cm³/mol. The number of hydrogen-bond acceptors (Lipinski definition) is 2. The molecule has 0 radical (unpaired) electrons. The van der Waals surface area contributed by atoms with Gasteiger partial charge in [-0.1, -0.05) is 37.8 Å². The first-order chi connectivity index (χ1) is 8.78. The Morgan fingerprint density at radius 1 is 1.22 bits per heavy atom. The highest BCUT2D eigenvalue weighted by molar-refractivity contribution is 5.27. The second-order valence-electron chi connectivity index (χ2n) is 5.43. The zero-order valence-electron chi connectivity index (χ0n) is 11.3. The van der Waals surface area contributed by atoms with Gasteiger partial charge >= 0.3 is 0 Å². The van der Waals surface area contributed by atoms with Gasteiger partial charge in [-0.05, 0) is 42.9 Å². The Bertz CT molecular complexity index is 339. The van der Waals surface area contributed by atoms with Gasteiger partial charge < -0.3 is 9.84 Å². The van der Waals surface area contributed by atoms with Crippen LogP contribution in [0.25, 0.3) is 0 Å². The molecule has 18 heavy (non-hydrogen) atoms. The molecular weight excluding hydrogens is 224 g/mol. The Morgan fingerprint density at radius 2 is 1.89 bits per heavy atom. The molecule has 1 aliphatic carbocycles. The average Bonchev–Trinajstić information content (AvgIpc) is 2.90. The summed E-state index contributed by atoms with van der Waals surface area (Å²) in [5.74, 6) is 1.67. The maximum absolute atomic E-state index is 10.0. The molecular formula is C16H24O2. The van der Waals surface area contributed by atoms with Crippen LogP contribution in [0.3, 0.4) is 0 Å². The van der Waals surface area contributed by atoms with Crippen LogP contribution in [-0.2, 0) is 6.42 Å². The van der Waals surface area contributed by atoms with E-state index >= 15 is 0 Å². The maximum Gasteiger partial charge on any atom is 0.118 e. The van der Waals surface area contributed by atoms with Crippen LogP contribution in [0.5, 0.6) is 5.75 Å². The number of aliphatic hydroxyl groups is 1. The molecule has 1 N–H and O–H groups in total. The van der Waals surface area contributed by atoms with Gasteiger partial charge in [-0.3, -0.25) is 0 Å². The summed E-state index contributed by atoms with van der Waals surface area (Å²) in [6.07, 6.45) is 8.05. The molecule has 0 aliphatic heterocycles. The van der Waals surface area contributed by atoms with Crippen LogP contribution in [-0.4, -0.2) is 18.3 Å². The minimum Gasteiger partial charge on any atom is -0.497 e. The van der Waals surface area contributed by atoms with Crippen LogP contribution in [0.2, 0.25) is 0 Å². The first kappa shape index (κ1) is 13.4. The minimum absolute atomic E-state index is 0.129. The fourth-order valence-electron chi connectivity index (χ4n) is 2.87. The minimum atomic E-state index is -0.129. The molecule has 2 nitrogen and oxygen atoms in total. The normalized spacial score (nSPS) is 17.9. The summed E-state index contributed by atoms with van der Waals surface area (Å²) in [6.45, 7) is 0. The molecule has 1 atom stereocenters. The van der Waals surface area contributed by atoms with E-state index in [0.29, 0.717) is 0 Å². The van der Waals surface area contributed by atoms with Crippen molar-refractivity contribution in [3.05, 3.63) is 29.8 Å². The van der Waals surface area contributed by atoms with Gasteiger partial charge in [-0.2, -0.15) is 0 Å². The molecule has 0 aromatic heterocycles. The Labute approximate surface area is 110 Å². The fourth-order valence-corrected chi connectivity index (χ4v) is 2.87. The van der Waals surface area contributed by atoms with Gasteiger partial charge in [0, 0.05) is 0 Å². The largest absolute Gasteiger partial charge is 0.497 e. The van der Waals surface area contributed by atoms with E-state index in [1.165, 1.54) is 31.2 Å². The third kappa shape index (κ3) is 4.02. The number of rotatable bonds is 6. The summed E-state index contributed by atoms with van der Waals surface area (Å²) in [7, 11) is 1.68. The SMILES string of the molecule is COc1ccc(CCC(O)CC2CCCC2)cc1. The molecule has 1 saturated carbocycles. The summed E-state index contributed by atoms with van der Waals surface area (Å²) in [5, 5.41) is 10.0.